The highest BCUT2D eigenvalue weighted by Crippen LogP contribution is 2.26. The molecule has 1 aromatic carbocycles. The van der Waals surface area contributed by atoms with Crippen LogP contribution in [0.1, 0.15) is 48.7 Å². The van der Waals surface area contributed by atoms with Gasteiger partial charge in [0.25, 0.3) is 5.91 Å². The van der Waals surface area contributed by atoms with Gasteiger partial charge in [0, 0.05) is 11.8 Å². The molecule has 0 radical (unpaired) electrons. The van der Waals surface area contributed by atoms with Gasteiger partial charge in [-0.3, -0.25) is 25.8 Å². The third-order valence-electron chi connectivity index (χ3n) is 3.80. The van der Waals surface area contributed by atoms with E-state index in [-0.39, 0.29) is 24.4 Å². The Morgan fingerprint density at radius 2 is 1.88 bits per heavy atom. The smallest absolute Gasteiger partial charge is 0.252 e. The second-order valence-corrected chi connectivity index (χ2v) is 6.88. The van der Waals surface area contributed by atoms with E-state index in [1.54, 1.807) is 11.3 Å². The summed E-state index contributed by atoms with van der Waals surface area (Å²) < 4.78 is 0. The van der Waals surface area contributed by atoms with Crippen molar-refractivity contribution in [2.24, 2.45) is 0 Å². The van der Waals surface area contributed by atoms with Crippen molar-refractivity contribution in [2.75, 3.05) is 6.54 Å². The number of thiophene rings is 1. The molecule has 0 aliphatic heterocycles. The zero-order valence-corrected chi connectivity index (χ0v) is 15.5. The summed E-state index contributed by atoms with van der Waals surface area (Å²) in [6.07, 6.45) is 3.47. The molecule has 0 saturated carbocycles. The number of hydrazine groups is 1. The van der Waals surface area contributed by atoms with Crippen LogP contribution < -0.4 is 16.2 Å². The van der Waals surface area contributed by atoms with Crippen LogP contribution in [0.2, 0.25) is 0 Å². The van der Waals surface area contributed by atoms with E-state index in [9.17, 15) is 9.59 Å². The Morgan fingerprint density at radius 3 is 2.48 bits per heavy atom. The Labute approximate surface area is 152 Å². The topological polar surface area (TPSA) is 70.2 Å². The highest BCUT2D eigenvalue weighted by Gasteiger charge is 2.16. The van der Waals surface area contributed by atoms with E-state index in [0.29, 0.717) is 0 Å². The summed E-state index contributed by atoms with van der Waals surface area (Å²) in [5.74, 6) is -0.581. The van der Waals surface area contributed by atoms with Crippen LogP contribution in [-0.4, -0.2) is 18.4 Å². The Kier molecular flexibility index (Phi) is 7.63. The molecule has 1 heterocycles. The van der Waals surface area contributed by atoms with Crippen LogP contribution in [0.4, 0.5) is 0 Å². The normalized spacial score (nSPS) is 11.8. The van der Waals surface area contributed by atoms with E-state index in [1.165, 1.54) is 25.3 Å². The zero-order chi connectivity index (χ0) is 18.1. The SMILES string of the molecule is CCCCc1ccc([C@@H](NCC(=O)NNC(C)=O)c2cccs2)cc1. The minimum atomic E-state index is -0.300. The maximum atomic E-state index is 11.8. The highest BCUT2D eigenvalue weighted by atomic mass is 32.1. The first kappa shape index (κ1) is 19.1. The standard InChI is InChI=1S/C19H25N3O2S/c1-3-4-6-15-8-10-16(11-9-15)19(17-7-5-12-25-17)20-13-18(24)22-21-14(2)23/h5,7-12,19-20H,3-4,6,13H2,1-2H3,(H,21,23)(H,22,24)/t19-/m1/s1. The van der Waals surface area contributed by atoms with Crippen LogP contribution >= 0.6 is 11.3 Å². The van der Waals surface area contributed by atoms with Gasteiger partial charge in [0.2, 0.25) is 5.91 Å². The number of unbranched alkanes of at least 4 members (excludes halogenated alkanes) is 1. The molecule has 2 aromatic rings. The number of carbonyl (C=O) groups excluding carboxylic acids is 2. The third-order valence-corrected chi connectivity index (χ3v) is 4.74. The van der Waals surface area contributed by atoms with Crippen molar-refractivity contribution in [3.05, 3.63) is 57.8 Å². The van der Waals surface area contributed by atoms with Crippen LogP contribution in [0, 0.1) is 0 Å². The van der Waals surface area contributed by atoms with Gasteiger partial charge in [0.1, 0.15) is 0 Å². The van der Waals surface area contributed by atoms with Gasteiger partial charge in [0.05, 0.1) is 12.6 Å². The quantitative estimate of drug-likeness (QED) is 0.635. The number of amides is 2. The predicted molar refractivity (Wildman–Crippen MR) is 101 cm³/mol. The molecule has 0 unspecified atom stereocenters. The van der Waals surface area contributed by atoms with E-state index in [0.717, 1.165) is 16.9 Å². The Morgan fingerprint density at radius 1 is 1.12 bits per heavy atom. The molecule has 0 spiro atoms. The average molecular weight is 359 g/mol. The fourth-order valence-corrected chi connectivity index (χ4v) is 3.32. The first-order valence-electron chi connectivity index (χ1n) is 8.51. The molecular weight excluding hydrogens is 334 g/mol. The number of benzene rings is 1. The molecule has 2 rings (SSSR count). The molecule has 0 fully saturated rings. The summed E-state index contributed by atoms with van der Waals surface area (Å²) in [5.41, 5.74) is 7.12. The van der Waals surface area contributed by atoms with Gasteiger partial charge in [-0.1, -0.05) is 43.7 Å². The first-order valence-corrected chi connectivity index (χ1v) is 9.39. The Hall–Kier alpha value is -2.18. The van der Waals surface area contributed by atoms with Crippen LogP contribution in [0.15, 0.2) is 41.8 Å². The number of hydrogen-bond acceptors (Lipinski definition) is 4. The summed E-state index contributed by atoms with van der Waals surface area (Å²) in [6, 6.07) is 12.6. The first-order chi connectivity index (χ1) is 12.1. The van der Waals surface area contributed by atoms with Gasteiger partial charge in [-0.25, -0.2) is 0 Å². The minimum Gasteiger partial charge on any atom is -0.297 e. The van der Waals surface area contributed by atoms with E-state index < -0.39 is 0 Å². The van der Waals surface area contributed by atoms with Crippen LogP contribution in [0.25, 0.3) is 0 Å². The van der Waals surface area contributed by atoms with Gasteiger partial charge in [-0.05, 0) is 35.4 Å². The van der Waals surface area contributed by atoms with Crippen molar-refractivity contribution >= 4 is 23.2 Å². The van der Waals surface area contributed by atoms with Crippen LogP contribution in [0.5, 0.6) is 0 Å². The maximum absolute atomic E-state index is 11.8. The lowest BCUT2D eigenvalue weighted by Gasteiger charge is -2.18. The molecule has 3 N–H and O–H groups in total. The zero-order valence-electron chi connectivity index (χ0n) is 14.7. The molecule has 6 heteroatoms. The van der Waals surface area contributed by atoms with Crippen molar-refractivity contribution in [3.63, 3.8) is 0 Å². The van der Waals surface area contributed by atoms with E-state index >= 15 is 0 Å². The predicted octanol–water partition coefficient (Wildman–Crippen LogP) is 2.94. The summed E-state index contributed by atoms with van der Waals surface area (Å²) in [5, 5.41) is 5.30. The largest absolute Gasteiger partial charge is 0.297 e. The third kappa shape index (κ3) is 6.32. The average Bonchev–Trinajstić information content (AvgIpc) is 3.13. The van der Waals surface area contributed by atoms with Crippen molar-refractivity contribution in [2.45, 2.75) is 39.2 Å². The molecule has 0 aliphatic rings. The van der Waals surface area contributed by atoms with Crippen molar-refractivity contribution in [3.8, 4) is 0 Å². The fourth-order valence-electron chi connectivity index (χ4n) is 2.49. The lowest BCUT2D eigenvalue weighted by molar-refractivity contribution is -0.127. The van der Waals surface area contributed by atoms with E-state index in [1.807, 2.05) is 11.4 Å². The number of hydrogen-bond donors (Lipinski definition) is 3. The van der Waals surface area contributed by atoms with E-state index in [4.69, 9.17) is 0 Å². The molecule has 0 bridgehead atoms. The number of aryl methyl sites for hydroxylation is 1. The Balaban J connectivity index is 2.04. The molecular formula is C19H25N3O2S. The maximum Gasteiger partial charge on any atom is 0.252 e. The molecule has 0 saturated heterocycles. The molecule has 0 aliphatic carbocycles. The summed E-state index contributed by atoms with van der Waals surface area (Å²) in [4.78, 5) is 23.8. The van der Waals surface area contributed by atoms with E-state index in [2.05, 4.69) is 53.4 Å². The summed E-state index contributed by atoms with van der Waals surface area (Å²) in [7, 11) is 0. The second-order valence-electron chi connectivity index (χ2n) is 5.90. The van der Waals surface area contributed by atoms with Gasteiger partial charge in [0.15, 0.2) is 0 Å². The Bertz CT molecular complexity index is 668. The number of carbonyl (C=O) groups is 2. The van der Waals surface area contributed by atoms with Crippen LogP contribution in [0.3, 0.4) is 0 Å². The molecule has 5 nitrogen and oxygen atoms in total. The molecule has 2 amide bonds. The van der Waals surface area contributed by atoms with Crippen LogP contribution in [-0.2, 0) is 16.0 Å². The highest BCUT2D eigenvalue weighted by molar-refractivity contribution is 7.10. The lowest BCUT2D eigenvalue weighted by atomic mass is 10.0. The van der Waals surface area contributed by atoms with Gasteiger partial charge in [-0.15, -0.1) is 11.3 Å². The molecule has 1 aromatic heterocycles. The summed E-state index contributed by atoms with van der Waals surface area (Å²) in [6.45, 7) is 3.65. The molecule has 25 heavy (non-hydrogen) atoms. The van der Waals surface area contributed by atoms with Crippen molar-refractivity contribution in [1.29, 1.82) is 0 Å². The van der Waals surface area contributed by atoms with Crippen molar-refractivity contribution < 1.29 is 9.59 Å². The van der Waals surface area contributed by atoms with Gasteiger partial charge >= 0.3 is 0 Å². The monoisotopic (exact) mass is 359 g/mol. The molecule has 134 valence electrons. The molecule has 1 atom stereocenters. The van der Waals surface area contributed by atoms with Gasteiger partial charge in [-0.2, -0.15) is 0 Å². The van der Waals surface area contributed by atoms with Gasteiger partial charge < -0.3 is 0 Å². The lowest BCUT2D eigenvalue weighted by Crippen LogP contribution is -2.45. The minimum absolute atomic E-state index is 0.0525. The number of nitrogens with one attached hydrogen (secondary N) is 3. The van der Waals surface area contributed by atoms with Crippen molar-refractivity contribution in [1.82, 2.24) is 16.2 Å². The number of rotatable bonds is 8. The second kappa shape index (κ2) is 9.96. The fraction of sp³-hybridized carbons (Fsp3) is 0.368. The summed E-state index contributed by atoms with van der Waals surface area (Å²) >= 11 is 1.65.